The van der Waals surface area contributed by atoms with E-state index < -0.39 is 11.4 Å². The number of aromatic nitrogens is 2. The van der Waals surface area contributed by atoms with Gasteiger partial charge in [-0.25, -0.2) is 9.78 Å². The molecule has 3 heterocycles. The van der Waals surface area contributed by atoms with Crippen LogP contribution in [0.3, 0.4) is 0 Å². The minimum Gasteiger partial charge on any atom is -0.462 e. The summed E-state index contributed by atoms with van der Waals surface area (Å²) >= 11 is 6.35. The Morgan fingerprint density at radius 1 is 1.31 bits per heavy atom. The minimum absolute atomic E-state index is 0.0399. The molecule has 2 aromatic rings. The number of H-pyrrole nitrogens is 1. The van der Waals surface area contributed by atoms with Crippen molar-refractivity contribution in [2.45, 2.75) is 13.8 Å². The second-order valence-corrected chi connectivity index (χ2v) is 6.34. The van der Waals surface area contributed by atoms with Crippen LogP contribution in [0.25, 0.3) is 11.0 Å². The number of nitrogens with zero attached hydrogens (tertiary/aromatic N) is 3. The van der Waals surface area contributed by atoms with Crippen LogP contribution in [0.2, 0.25) is 5.02 Å². The first-order valence-electron chi connectivity index (χ1n) is 8.32. The topological polar surface area (TPSA) is 95.6 Å². The van der Waals surface area contributed by atoms with Crippen molar-refractivity contribution >= 4 is 40.3 Å². The van der Waals surface area contributed by atoms with E-state index in [-0.39, 0.29) is 23.5 Å². The molecule has 1 amide bonds. The summed E-state index contributed by atoms with van der Waals surface area (Å²) in [6, 6.07) is 1.51. The number of fused-ring (bicyclic) bond motifs is 1. The van der Waals surface area contributed by atoms with Gasteiger partial charge < -0.3 is 19.5 Å². The highest BCUT2D eigenvalue weighted by molar-refractivity contribution is 6.33. The Hall–Kier alpha value is -2.61. The number of aromatic amines is 1. The van der Waals surface area contributed by atoms with E-state index in [1.165, 1.54) is 12.3 Å². The molecule has 0 aromatic carbocycles. The van der Waals surface area contributed by atoms with E-state index in [2.05, 4.69) is 9.97 Å². The van der Waals surface area contributed by atoms with Crippen LogP contribution in [0.4, 0.5) is 5.82 Å². The summed E-state index contributed by atoms with van der Waals surface area (Å²) in [7, 11) is 0. The maximum atomic E-state index is 12.5. The second-order valence-electron chi connectivity index (χ2n) is 5.94. The lowest BCUT2D eigenvalue weighted by atomic mass is 10.2. The number of carbonyl (C=O) groups excluding carboxylic acids is 2. The first-order valence-corrected chi connectivity index (χ1v) is 8.69. The van der Waals surface area contributed by atoms with E-state index >= 15 is 0 Å². The van der Waals surface area contributed by atoms with Crippen LogP contribution in [-0.2, 0) is 9.53 Å². The first kappa shape index (κ1) is 18.2. The lowest BCUT2D eigenvalue weighted by Crippen LogP contribution is -2.48. The molecule has 0 spiro atoms. The van der Waals surface area contributed by atoms with Crippen molar-refractivity contribution in [3.63, 3.8) is 0 Å². The molecule has 1 fully saturated rings. The number of hydrogen-bond donors (Lipinski definition) is 1. The van der Waals surface area contributed by atoms with Gasteiger partial charge in [-0.3, -0.25) is 9.59 Å². The number of piperazine rings is 1. The van der Waals surface area contributed by atoms with Gasteiger partial charge in [-0.15, -0.1) is 0 Å². The molecule has 2 aromatic heterocycles. The molecule has 1 N–H and O–H groups in total. The van der Waals surface area contributed by atoms with E-state index in [4.69, 9.17) is 16.3 Å². The zero-order valence-corrected chi connectivity index (χ0v) is 15.3. The standard InChI is InChI=1S/C17H19ClN4O4/c1-3-26-17(25)12-9-19-15-11(14(12)24)8-13(18)16(20-15)22-6-4-21(5-7-22)10(2)23/h8-9H,3-7H2,1-2H3,(H,19,20,24). The number of ether oxygens (including phenoxy) is 1. The average molecular weight is 379 g/mol. The monoisotopic (exact) mass is 378 g/mol. The molecular weight excluding hydrogens is 360 g/mol. The van der Waals surface area contributed by atoms with Gasteiger partial charge in [0.1, 0.15) is 17.0 Å². The number of esters is 1. The third-order valence-electron chi connectivity index (χ3n) is 4.32. The van der Waals surface area contributed by atoms with Crippen molar-refractivity contribution in [1.29, 1.82) is 0 Å². The van der Waals surface area contributed by atoms with Crippen LogP contribution in [0.1, 0.15) is 24.2 Å². The van der Waals surface area contributed by atoms with Crippen LogP contribution in [0.5, 0.6) is 0 Å². The first-order chi connectivity index (χ1) is 12.4. The van der Waals surface area contributed by atoms with Gasteiger partial charge in [-0.1, -0.05) is 11.6 Å². The molecule has 1 aliphatic rings. The summed E-state index contributed by atoms with van der Waals surface area (Å²) in [6.45, 7) is 5.77. The van der Waals surface area contributed by atoms with Gasteiger partial charge in [-0.05, 0) is 13.0 Å². The number of nitrogens with one attached hydrogen (secondary N) is 1. The third-order valence-corrected chi connectivity index (χ3v) is 4.60. The van der Waals surface area contributed by atoms with Gasteiger partial charge >= 0.3 is 5.97 Å². The molecular formula is C17H19ClN4O4. The molecule has 0 atom stereocenters. The van der Waals surface area contributed by atoms with Crippen molar-refractivity contribution in [2.75, 3.05) is 37.7 Å². The van der Waals surface area contributed by atoms with Gasteiger partial charge in [-0.2, -0.15) is 0 Å². The van der Waals surface area contributed by atoms with Gasteiger partial charge in [0.25, 0.3) is 0 Å². The molecule has 0 bridgehead atoms. The number of carbonyl (C=O) groups is 2. The zero-order valence-electron chi connectivity index (χ0n) is 14.5. The van der Waals surface area contributed by atoms with Crippen molar-refractivity contribution in [3.05, 3.63) is 33.1 Å². The molecule has 1 aliphatic heterocycles. The summed E-state index contributed by atoms with van der Waals surface area (Å²) in [4.78, 5) is 46.9. The van der Waals surface area contributed by atoms with Gasteiger partial charge in [0.2, 0.25) is 11.3 Å². The molecule has 0 aliphatic carbocycles. The summed E-state index contributed by atoms with van der Waals surface area (Å²) in [6.07, 6.45) is 1.31. The van der Waals surface area contributed by atoms with E-state index in [9.17, 15) is 14.4 Å². The normalized spacial score (nSPS) is 14.6. The molecule has 9 heteroatoms. The average Bonchev–Trinajstić information content (AvgIpc) is 2.62. The highest BCUT2D eigenvalue weighted by Crippen LogP contribution is 2.27. The Kier molecular flexibility index (Phi) is 5.13. The Bertz CT molecular complexity index is 919. The summed E-state index contributed by atoms with van der Waals surface area (Å²) in [5.74, 6) is -0.101. The highest BCUT2D eigenvalue weighted by Gasteiger charge is 2.23. The quantitative estimate of drug-likeness (QED) is 0.811. The van der Waals surface area contributed by atoms with Crippen LogP contribution in [0.15, 0.2) is 17.1 Å². The number of amides is 1. The number of rotatable bonds is 3. The summed E-state index contributed by atoms with van der Waals surface area (Å²) in [5, 5.41) is 0.548. The molecule has 8 nitrogen and oxygen atoms in total. The van der Waals surface area contributed by atoms with E-state index in [1.807, 2.05) is 4.90 Å². The lowest BCUT2D eigenvalue weighted by molar-refractivity contribution is -0.129. The summed E-state index contributed by atoms with van der Waals surface area (Å²) in [5.41, 5.74) is -0.212. The van der Waals surface area contributed by atoms with E-state index in [0.717, 1.165) is 0 Å². The lowest BCUT2D eigenvalue weighted by Gasteiger charge is -2.35. The maximum absolute atomic E-state index is 12.5. The van der Waals surface area contributed by atoms with Crippen molar-refractivity contribution in [3.8, 4) is 0 Å². The number of halogens is 1. The molecule has 138 valence electrons. The van der Waals surface area contributed by atoms with Crippen LogP contribution < -0.4 is 10.3 Å². The van der Waals surface area contributed by atoms with Gasteiger partial charge in [0, 0.05) is 39.3 Å². The van der Waals surface area contributed by atoms with Gasteiger partial charge in [0.05, 0.1) is 17.0 Å². The Labute approximate surface area is 154 Å². The van der Waals surface area contributed by atoms with Crippen molar-refractivity contribution in [1.82, 2.24) is 14.9 Å². The van der Waals surface area contributed by atoms with Crippen LogP contribution in [0, 0.1) is 0 Å². The minimum atomic E-state index is -0.684. The van der Waals surface area contributed by atoms with Crippen LogP contribution >= 0.6 is 11.6 Å². The number of anilines is 1. The van der Waals surface area contributed by atoms with Gasteiger partial charge in [0.15, 0.2) is 0 Å². The Morgan fingerprint density at radius 3 is 2.62 bits per heavy atom. The molecule has 0 radical (unpaired) electrons. The van der Waals surface area contributed by atoms with Crippen molar-refractivity contribution in [2.24, 2.45) is 0 Å². The Morgan fingerprint density at radius 2 is 2.00 bits per heavy atom. The fourth-order valence-electron chi connectivity index (χ4n) is 2.93. The molecule has 1 saturated heterocycles. The predicted molar refractivity (Wildman–Crippen MR) is 97.8 cm³/mol. The molecule has 0 unspecified atom stereocenters. The maximum Gasteiger partial charge on any atom is 0.343 e. The third kappa shape index (κ3) is 3.37. The molecule has 3 rings (SSSR count). The molecule has 0 saturated carbocycles. The highest BCUT2D eigenvalue weighted by atomic mass is 35.5. The van der Waals surface area contributed by atoms with Crippen molar-refractivity contribution < 1.29 is 14.3 Å². The van der Waals surface area contributed by atoms with Crippen LogP contribution in [-0.4, -0.2) is 59.5 Å². The number of hydrogen-bond acceptors (Lipinski definition) is 6. The molecule has 26 heavy (non-hydrogen) atoms. The SMILES string of the molecule is CCOC(=O)c1c[nH]c2nc(N3CCN(C(C)=O)CC3)c(Cl)cc2c1=O. The Balaban J connectivity index is 1.94. The zero-order chi connectivity index (χ0) is 18.8. The number of pyridine rings is 2. The van der Waals surface area contributed by atoms with E-state index in [1.54, 1.807) is 18.7 Å². The van der Waals surface area contributed by atoms with E-state index in [0.29, 0.717) is 42.7 Å². The second kappa shape index (κ2) is 7.33. The predicted octanol–water partition coefficient (Wildman–Crippen LogP) is 1.42. The fourth-order valence-corrected chi connectivity index (χ4v) is 3.20. The summed E-state index contributed by atoms with van der Waals surface area (Å²) < 4.78 is 4.88. The smallest absolute Gasteiger partial charge is 0.343 e. The largest absolute Gasteiger partial charge is 0.462 e. The fraction of sp³-hybridized carbons (Fsp3) is 0.412.